The van der Waals surface area contributed by atoms with Gasteiger partial charge >= 0.3 is 0 Å². The smallest absolute Gasteiger partial charge is 0.221 e. The molecule has 0 saturated carbocycles. The van der Waals surface area contributed by atoms with Gasteiger partial charge in [0.15, 0.2) is 12.7 Å². The van der Waals surface area contributed by atoms with E-state index in [2.05, 4.69) is 100 Å². The number of rotatable bonds is 3. The van der Waals surface area contributed by atoms with E-state index in [1.807, 2.05) is 91.1 Å². The summed E-state index contributed by atoms with van der Waals surface area (Å²) in [6, 6.07) is 55.7. The second-order valence-electron chi connectivity index (χ2n) is 11.2. The number of aryl methyl sites for hydroxylation is 1. The average Bonchev–Trinajstić information content (AvgIpc) is 3.53. The van der Waals surface area contributed by atoms with Gasteiger partial charge in [-0.1, -0.05) is 72.8 Å². The van der Waals surface area contributed by atoms with Gasteiger partial charge < -0.3 is 9.97 Å². The van der Waals surface area contributed by atoms with Crippen LogP contribution >= 0.6 is 0 Å². The van der Waals surface area contributed by atoms with E-state index < -0.39 is 0 Å². The van der Waals surface area contributed by atoms with Crippen LogP contribution in [0.1, 0.15) is 11.1 Å². The Kier molecular flexibility index (Phi) is 10.0. The van der Waals surface area contributed by atoms with Gasteiger partial charge in [0.05, 0.1) is 5.39 Å². The van der Waals surface area contributed by atoms with E-state index in [9.17, 15) is 0 Å². The minimum absolute atomic E-state index is 0. The van der Waals surface area contributed by atoms with Crippen molar-refractivity contribution in [1.82, 2.24) is 9.97 Å². The van der Waals surface area contributed by atoms with Crippen LogP contribution < -0.4 is 4.57 Å². The number of nitrogens with zero attached hydrogens (tertiary/aromatic N) is 3. The van der Waals surface area contributed by atoms with E-state index in [0.29, 0.717) is 0 Å². The Morgan fingerprint density at radius 1 is 0.617 bits per heavy atom. The van der Waals surface area contributed by atoms with Crippen LogP contribution in [0.15, 0.2) is 164 Å². The molecule has 4 heterocycles. The first-order valence-electron chi connectivity index (χ1n) is 15.4. The van der Waals surface area contributed by atoms with Gasteiger partial charge in [-0.15, -0.1) is 71.8 Å². The Morgan fingerprint density at radius 3 is 2.02 bits per heavy atom. The summed E-state index contributed by atoms with van der Waals surface area (Å²) in [5, 5.41) is 4.14. The predicted octanol–water partition coefficient (Wildman–Crippen LogP) is 9.71. The van der Waals surface area contributed by atoms with E-state index in [1.165, 1.54) is 43.9 Å². The van der Waals surface area contributed by atoms with E-state index in [0.717, 1.165) is 29.1 Å². The fourth-order valence-electron chi connectivity index (χ4n) is 5.92. The zero-order valence-corrected chi connectivity index (χ0v) is 28.4. The number of pyridine rings is 3. The van der Waals surface area contributed by atoms with E-state index in [-0.39, 0.29) is 20.1 Å². The topological polar surface area (TPSA) is 29.7 Å². The molecule has 0 aliphatic carbocycles. The molecule has 0 fully saturated rings. The third-order valence-electron chi connectivity index (χ3n) is 8.14. The quantitative estimate of drug-likeness (QED) is 0.102. The van der Waals surface area contributed by atoms with Crippen LogP contribution in [-0.4, -0.2) is 9.97 Å². The summed E-state index contributed by atoms with van der Waals surface area (Å²) in [6.07, 6.45) is 5.90. The molecule has 1 radical (unpaired) electrons. The molecule has 8 aromatic rings. The fourth-order valence-corrected chi connectivity index (χ4v) is 5.92. The molecule has 47 heavy (non-hydrogen) atoms. The maximum atomic E-state index is 4.55. The van der Waals surface area contributed by atoms with Gasteiger partial charge in [-0.2, -0.15) is 4.57 Å². The van der Waals surface area contributed by atoms with Crippen LogP contribution in [0.2, 0.25) is 0 Å². The summed E-state index contributed by atoms with van der Waals surface area (Å²) < 4.78 is 2.34. The molecular formula is C43H32IrN3-. The summed E-state index contributed by atoms with van der Waals surface area (Å²) in [4.78, 5) is 8.77. The molecule has 1 aliphatic heterocycles. The van der Waals surface area contributed by atoms with Crippen molar-refractivity contribution in [2.75, 3.05) is 0 Å². The molecule has 0 N–H and O–H groups in total. The minimum atomic E-state index is 0. The molecule has 3 nitrogen and oxygen atoms in total. The van der Waals surface area contributed by atoms with Gasteiger partial charge in [-0.3, -0.25) is 0 Å². The second kappa shape index (κ2) is 14.9. The molecule has 0 amide bonds. The van der Waals surface area contributed by atoms with Crippen LogP contribution in [0, 0.1) is 19.1 Å². The largest absolute Gasteiger partial charge is 0.305 e. The number of benzene rings is 5. The Bertz CT molecular complexity index is 2120. The maximum Gasteiger partial charge on any atom is 0.221 e. The minimum Gasteiger partial charge on any atom is -0.305 e. The van der Waals surface area contributed by atoms with Crippen molar-refractivity contribution in [2.45, 2.75) is 13.5 Å². The van der Waals surface area contributed by atoms with Gasteiger partial charge in [0.2, 0.25) is 5.52 Å². The zero-order valence-electron chi connectivity index (χ0n) is 26.0. The summed E-state index contributed by atoms with van der Waals surface area (Å²) in [6.45, 7) is 3.14. The molecule has 229 valence electrons. The molecule has 5 aromatic carbocycles. The van der Waals surface area contributed by atoms with Crippen molar-refractivity contribution in [2.24, 2.45) is 0 Å². The number of hydrogen-bond donors (Lipinski definition) is 0. The van der Waals surface area contributed by atoms with Gasteiger partial charge in [-0.05, 0) is 53.0 Å². The molecule has 0 saturated heterocycles. The number of aromatic nitrogens is 3. The molecule has 3 aromatic heterocycles. The van der Waals surface area contributed by atoms with Gasteiger partial charge in [0.1, 0.15) is 0 Å². The first kappa shape index (κ1) is 31.7. The monoisotopic (exact) mass is 783 g/mol. The van der Waals surface area contributed by atoms with Crippen LogP contribution in [0.4, 0.5) is 0 Å². The first-order chi connectivity index (χ1) is 22.7. The number of hydrogen-bond acceptors (Lipinski definition) is 2. The van der Waals surface area contributed by atoms with Crippen molar-refractivity contribution in [3.63, 3.8) is 0 Å². The molecule has 4 heteroatoms. The van der Waals surface area contributed by atoms with E-state index in [1.54, 1.807) is 6.20 Å². The normalized spacial score (nSPS) is 10.8. The average molecular weight is 783 g/mol. The summed E-state index contributed by atoms with van der Waals surface area (Å²) >= 11 is 0. The Balaban J connectivity index is 0.000000125. The summed E-state index contributed by atoms with van der Waals surface area (Å²) in [5.74, 6) is 0. The first-order valence-corrected chi connectivity index (χ1v) is 15.4. The molecule has 0 spiro atoms. The zero-order chi connectivity index (χ0) is 31.1. The van der Waals surface area contributed by atoms with Crippen molar-refractivity contribution in [1.29, 1.82) is 0 Å². The Hall–Kier alpha value is -5.28. The molecule has 0 atom stereocenters. The summed E-state index contributed by atoms with van der Waals surface area (Å²) in [5.41, 5.74) is 10.5. The van der Waals surface area contributed by atoms with Crippen LogP contribution in [0.5, 0.6) is 0 Å². The Labute approximate surface area is 289 Å². The van der Waals surface area contributed by atoms with Gasteiger partial charge in [-0.25, -0.2) is 0 Å². The van der Waals surface area contributed by atoms with Crippen LogP contribution in [0.3, 0.4) is 0 Å². The second-order valence-corrected chi connectivity index (χ2v) is 11.2. The van der Waals surface area contributed by atoms with Crippen LogP contribution in [0.25, 0.3) is 55.3 Å². The van der Waals surface area contributed by atoms with Crippen molar-refractivity contribution < 1.29 is 24.7 Å². The third kappa shape index (κ3) is 7.10. The molecule has 0 bridgehead atoms. The Morgan fingerprint density at radius 2 is 1.32 bits per heavy atom. The van der Waals surface area contributed by atoms with Crippen molar-refractivity contribution >= 4 is 21.7 Å². The van der Waals surface area contributed by atoms with Gasteiger partial charge in [0.25, 0.3) is 0 Å². The van der Waals surface area contributed by atoms with Crippen molar-refractivity contribution in [3.8, 4) is 33.6 Å². The third-order valence-corrected chi connectivity index (χ3v) is 8.14. The fraction of sp³-hybridized carbons (Fsp3) is 0.0465. The molecule has 9 rings (SSSR count). The van der Waals surface area contributed by atoms with Crippen LogP contribution in [-0.2, 0) is 26.7 Å². The SMILES string of the molecule is Cc1cc(-c2[c-]cccc2)ncc1-c1ccccc1.[Ir].[c-]1ccccc1-c1ccccn1.c1cc2c3c(c1)ccc1ccc[n+](c13)C2. The maximum absolute atomic E-state index is 4.55. The van der Waals surface area contributed by atoms with Gasteiger partial charge in [0, 0.05) is 55.1 Å². The standard InChI is InChI=1S/C18H14N.C14H10N.C11H8N.Ir/c1-14-12-18(16-10-6-3-7-11-16)19-13-17(14)15-8-4-2-5-9-15;1-3-10-6-7-11-5-2-8-15-9-12(4-1)13(10)14(11)15;1-2-6-10(7-3-1)11-8-4-5-9-12-11;/h2-10,12-13H,1H3;1-8H,9H2;1-6,8-9H;/q-1;+1;-1;. The summed E-state index contributed by atoms with van der Waals surface area (Å²) in [7, 11) is 0. The van der Waals surface area contributed by atoms with E-state index >= 15 is 0 Å². The molecular weight excluding hydrogens is 751 g/mol. The predicted molar refractivity (Wildman–Crippen MR) is 188 cm³/mol. The molecule has 0 unspecified atom stereocenters. The van der Waals surface area contributed by atoms with E-state index in [4.69, 9.17) is 0 Å². The molecule has 1 aliphatic rings. The van der Waals surface area contributed by atoms with Crippen molar-refractivity contribution in [3.05, 3.63) is 187 Å².